The van der Waals surface area contributed by atoms with E-state index in [2.05, 4.69) is 10.3 Å². The maximum atomic E-state index is 12.1. The monoisotopic (exact) mass is 394 g/mol. The van der Waals surface area contributed by atoms with Gasteiger partial charge >= 0.3 is 0 Å². The van der Waals surface area contributed by atoms with Gasteiger partial charge in [0.15, 0.2) is 16.7 Å². The highest BCUT2D eigenvalue weighted by Gasteiger charge is 2.24. The number of nitrogens with one attached hydrogen (secondary N) is 1. The minimum Gasteiger partial charge on any atom is -0.504 e. The Labute approximate surface area is 158 Å². The van der Waals surface area contributed by atoms with Gasteiger partial charge in [-0.3, -0.25) is 4.79 Å². The van der Waals surface area contributed by atoms with Gasteiger partial charge in [0, 0.05) is 5.02 Å². The van der Waals surface area contributed by atoms with Gasteiger partial charge in [0.25, 0.3) is 5.91 Å². The third-order valence-electron chi connectivity index (χ3n) is 3.28. The highest BCUT2D eigenvalue weighted by atomic mass is 35.5. The summed E-state index contributed by atoms with van der Waals surface area (Å²) in [6, 6.07) is 9.77. The van der Waals surface area contributed by atoms with E-state index in [1.54, 1.807) is 36.4 Å². The van der Waals surface area contributed by atoms with E-state index in [9.17, 15) is 9.90 Å². The normalized spacial score (nSPS) is 17.2. The van der Waals surface area contributed by atoms with E-state index >= 15 is 0 Å². The molecule has 5 nitrogen and oxygen atoms in total. The zero-order valence-corrected chi connectivity index (χ0v) is 15.2. The van der Waals surface area contributed by atoms with E-state index in [0.29, 0.717) is 31.6 Å². The van der Waals surface area contributed by atoms with Crippen molar-refractivity contribution < 1.29 is 14.6 Å². The molecule has 0 bridgehead atoms. The number of hydrogen-bond acceptors (Lipinski definition) is 5. The summed E-state index contributed by atoms with van der Waals surface area (Å²) in [4.78, 5) is 16.9. The topological polar surface area (TPSA) is 70.9 Å². The van der Waals surface area contributed by atoms with Gasteiger partial charge in [0.2, 0.25) is 0 Å². The molecule has 2 N–H and O–H groups in total. The molecule has 2 aromatic carbocycles. The third kappa shape index (κ3) is 4.10. The second-order valence-electron chi connectivity index (χ2n) is 5.01. The van der Waals surface area contributed by atoms with Crippen molar-refractivity contribution in [3.8, 4) is 11.5 Å². The van der Waals surface area contributed by atoms with Crippen LogP contribution in [0.4, 0.5) is 5.69 Å². The lowest BCUT2D eigenvalue weighted by atomic mass is 10.2. The van der Waals surface area contributed by atoms with Crippen molar-refractivity contribution >= 4 is 57.8 Å². The van der Waals surface area contributed by atoms with Crippen LogP contribution in [0.15, 0.2) is 46.3 Å². The van der Waals surface area contributed by atoms with Gasteiger partial charge in [-0.15, -0.1) is 0 Å². The lowest BCUT2D eigenvalue weighted by molar-refractivity contribution is -0.115. The molecule has 0 spiro atoms. The quantitative estimate of drug-likeness (QED) is 0.746. The molecular weight excluding hydrogens is 383 g/mol. The molecule has 0 radical (unpaired) electrons. The first-order chi connectivity index (χ1) is 12.0. The number of phenols is 1. The van der Waals surface area contributed by atoms with Gasteiger partial charge in [-0.25, -0.2) is 4.99 Å². The van der Waals surface area contributed by atoms with Crippen molar-refractivity contribution in [1.82, 2.24) is 5.32 Å². The summed E-state index contributed by atoms with van der Waals surface area (Å²) in [5.41, 5.74) is 1.24. The molecule has 0 aliphatic carbocycles. The molecule has 1 saturated heterocycles. The van der Waals surface area contributed by atoms with Crippen LogP contribution < -0.4 is 10.1 Å². The number of methoxy groups -OCH3 is 1. The van der Waals surface area contributed by atoms with E-state index in [1.165, 1.54) is 24.9 Å². The third-order valence-corrected chi connectivity index (χ3v) is 4.73. The minimum absolute atomic E-state index is 0.0350. The Hall–Kier alpha value is -2.15. The number of amides is 1. The summed E-state index contributed by atoms with van der Waals surface area (Å²) in [5.74, 6) is 0.105. The average Bonchev–Trinajstić information content (AvgIpc) is 2.91. The van der Waals surface area contributed by atoms with E-state index in [0.717, 1.165) is 5.56 Å². The molecule has 8 heteroatoms. The van der Waals surface area contributed by atoms with Gasteiger partial charge in [0.05, 0.1) is 22.7 Å². The zero-order chi connectivity index (χ0) is 18.0. The lowest BCUT2D eigenvalue weighted by Crippen LogP contribution is -2.19. The first kappa shape index (κ1) is 17.7. The molecule has 3 rings (SSSR count). The van der Waals surface area contributed by atoms with E-state index in [4.69, 9.17) is 27.9 Å². The summed E-state index contributed by atoms with van der Waals surface area (Å²) in [6.07, 6.45) is 1.69. The SMILES string of the molecule is COc1cc(/C=C2\SC(=Nc3ccc(Cl)cc3Cl)NC2=O)ccc1O. The molecule has 1 amide bonds. The van der Waals surface area contributed by atoms with Crippen molar-refractivity contribution in [3.05, 3.63) is 56.9 Å². The van der Waals surface area contributed by atoms with Crippen molar-refractivity contribution in [3.63, 3.8) is 0 Å². The van der Waals surface area contributed by atoms with Crippen LogP contribution in [0.2, 0.25) is 10.0 Å². The first-order valence-corrected chi connectivity index (χ1v) is 8.65. The second-order valence-corrected chi connectivity index (χ2v) is 6.88. The Balaban J connectivity index is 1.86. The maximum Gasteiger partial charge on any atom is 0.264 e. The number of amidine groups is 1. The Bertz CT molecular complexity index is 913. The van der Waals surface area contributed by atoms with Gasteiger partial charge in [-0.2, -0.15) is 0 Å². The molecule has 2 aromatic rings. The number of halogens is 2. The summed E-state index contributed by atoms with van der Waals surface area (Å²) < 4.78 is 5.06. The maximum absolute atomic E-state index is 12.1. The standard InChI is InChI=1S/C17H12Cl2N2O3S/c1-24-14-6-9(2-5-13(14)22)7-15-16(23)21-17(25-15)20-12-4-3-10(18)8-11(12)19/h2-8,22H,1H3,(H,20,21,23)/b15-7-. The molecule has 1 heterocycles. The molecule has 25 heavy (non-hydrogen) atoms. The van der Waals surface area contributed by atoms with Crippen LogP contribution in [0, 0.1) is 0 Å². The number of aromatic hydroxyl groups is 1. The number of phenolic OH excluding ortho intramolecular Hbond substituents is 1. The Morgan fingerprint density at radius 2 is 2.04 bits per heavy atom. The summed E-state index contributed by atoms with van der Waals surface area (Å²) >= 11 is 13.1. The van der Waals surface area contributed by atoms with Crippen molar-refractivity contribution in [1.29, 1.82) is 0 Å². The van der Waals surface area contributed by atoms with Gasteiger partial charge in [0.1, 0.15) is 0 Å². The largest absolute Gasteiger partial charge is 0.504 e. The Kier molecular flexibility index (Phi) is 5.22. The van der Waals surface area contributed by atoms with Crippen molar-refractivity contribution in [2.24, 2.45) is 4.99 Å². The van der Waals surface area contributed by atoms with Crippen molar-refractivity contribution in [2.45, 2.75) is 0 Å². The number of thioether (sulfide) groups is 1. The predicted octanol–water partition coefficient (Wildman–Crippen LogP) is 4.60. The summed E-state index contributed by atoms with van der Waals surface area (Å²) in [6.45, 7) is 0. The molecule has 1 aliphatic heterocycles. The molecule has 128 valence electrons. The Morgan fingerprint density at radius 1 is 1.24 bits per heavy atom. The number of hydrogen-bond donors (Lipinski definition) is 2. The van der Waals surface area contributed by atoms with Crippen molar-refractivity contribution in [2.75, 3.05) is 7.11 Å². The average molecular weight is 395 g/mol. The number of ether oxygens (including phenoxy) is 1. The molecule has 0 aromatic heterocycles. The van der Waals surface area contributed by atoms with Gasteiger partial charge in [-0.05, 0) is 53.7 Å². The molecular formula is C17H12Cl2N2O3S. The second kappa shape index (κ2) is 7.39. The minimum atomic E-state index is -0.263. The van der Waals surface area contributed by atoms with Crippen LogP contribution in [0.1, 0.15) is 5.56 Å². The fourth-order valence-electron chi connectivity index (χ4n) is 2.10. The summed E-state index contributed by atoms with van der Waals surface area (Å²) in [5, 5.41) is 13.7. The number of carbonyl (C=O) groups is 1. The van der Waals surface area contributed by atoms with Crippen LogP contribution in [0.5, 0.6) is 11.5 Å². The van der Waals surface area contributed by atoms with E-state index in [-0.39, 0.29) is 11.7 Å². The number of rotatable bonds is 3. The number of benzene rings is 2. The van der Waals surface area contributed by atoms with Gasteiger partial charge in [-0.1, -0.05) is 29.3 Å². The van der Waals surface area contributed by atoms with E-state index in [1.807, 2.05) is 0 Å². The number of aliphatic imine (C=N–C) groups is 1. The summed E-state index contributed by atoms with van der Waals surface area (Å²) in [7, 11) is 1.46. The van der Waals surface area contributed by atoms with Crippen LogP contribution in [-0.2, 0) is 4.79 Å². The number of carbonyl (C=O) groups excluding carboxylic acids is 1. The van der Waals surface area contributed by atoms with Crippen LogP contribution in [-0.4, -0.2) is 23.3 Å². The highest BCUT2D eigenvalue weighted by molar-refractivity contribution is 8.18. The molecule has 0 saturated carbocycles. The fourth-order valence-corrected chi connectivity index (χ4v) is 3.38. The zero-order valence-electron chi connectivity index (χ0n) is 12.9. The molecule has 1 fully saturated rings. The van der Waals surface area contributed by atoms with Crippen LogP contribution in [0.3, 0.4) is 0 Å². The van der Waals surface area contributed by atoms with E-state index < -0.39 is 0 Å². The predicted molar refractivity (Wildman–Crippen MR) is 102 cm³/mol. The lowest BCUT2D eigenvalue weighted by Gasteiger charge is -2.03. The first-order valence-electron chi connectivity index (χ1n) is 7.08. The molecule has 1 aliphatic rings. The molecule has 0 atom stereocenters. The fraction of sp³-hybridized carbons (Fsp3) is 0.0588. The van der Waals surface area contributed by atoms with Gasteiger partial charge < -0.3 is 15.2 Å². The smallest absolute Gasteiger partial charge is 0.264 e. The number of nitrogens with zero attached hydrogens (tertiary/aromatic N) is 1. The van der Waals surface area contributed by atoms with Crippen LogP contribution in [0.25, 0.3) is 6.08 Å². The Morgan fingerprint density at radius 3 is 2.76 bits per heavy atom. The molecule has 0 unspecified atom stereocenters. The van der Waals surface area contributed by atoms with Crippen LogP contribution >= 0.6 is 35.0 Å². The highest BCUT2D eigenvalue weighted by Crippen LogP contribution is 2.33.